The number of aliphatic hydroxyl groups is 1. The number of carbonyl (C=O) groups excluding carboxylic acids is 1. The standard InChI is InChI=1S/C21H26N4O4/c26-18-8-12-25(20(28)22-18)15-19(27)24-13-9-21(29,16-6-2-1-3-7-16)17(14-24)23-10-4-5-11-23/h1-3,6-8,12,17,29H,4-5,9-11,13-15H2,(H,22,26,28)/t17-,21+/m1/s1. The normalized spacial score (nSPS) is 25.3. The Morgan fingerprint density at radius 1 is 1.10 bits per heavy atom. The monoisotopic (exact) mass is 398 g/mol. The lowest BCUT2D eigenvalue weighted by Crippen LogP contribution is -2.61. The third kappa shape index (κ3) is 3.90. The van der Waals surface area contributed by atoms with Crippen LogP contribution in [0.15, 0.2) is 52.2 Å². The van der Waals surface area contributed by atoms with Crippen LogP contribution in [0.1, 0.15) is 24.8 Å². The van der Waals surface area contributed by atoms with Gasteiger partial charge in [0, 0.05) is 25.4 Å². The van der Waals surface area contributed by atoms with E-state index < -0.39 is 16.9 Å². The highest BCUT2D eigenvalue weighted by Crippen LogP contribution is 2.37. The first-order chi connectivity index (χ1) is 14.0. The highest BCUT2D eigenvalue weighted by atomic mass is 16.3. The number of aromatic amines is 1. The van der Waals surface area contributed by atoms with Gasteiger partial charge in [0.1, 0.15) is 12.1 Å². The molecule has 0 saturated carbocycles. The molecule has 0 radical (unpaired) electrons. The van der Waals surface area contributed by atoms with Crippen LogP contribution in [-0.2, 0) is 16.9 Å². The molecule has 2 aromatic rings. The summed E-state index contributed by atoms with van der Waals surface area (Å²) < 4.78 is 1.20. The summed E-state index contributed by atoms with van der Waals surface area (Å²) in [5.74, 6) is -0.196. The van der Waals surface area contributed by atoms with Gasteiger partial charge >= 0.3 is 5.69 Å². The second-order valence-electron chi connectivity index (χ2n) is 7.88. The molecule has 0 aliphatic carbocycles. The van der Waals surface area contributed by atoms with Crippen molar-refractivity contribution in [2.24, 2.45) is 0 Å². The fourth-order valence-electron chi connectivity index (χ4n) is 4.50. The van der Waals surface area contributed by atoms with Crippen molar-refractivity contribution >= 4 is 5.91 Å². The second-order valence-corrected chi connectivity index (χ2v) is 7.88. The number of rotatable bonds is 4. The van der Waals surface area contributed by atoms with E-state index in [4.69, 9.17) is 0 Å². The van der Waals surface area contributed by atoms with E-state index in [1.165, 1.54) is 16.8 Å². The van der Waals surface area contributed by atoms with E-state index >= 15 is 0 Å². The maximum Gasteiger partial charge on any atom is 0.328 e. The van der Waals surface area contributed by atoms with Gasteiger partial charge in [0.25, 0.3) is 5.56 Å². The number of benzene rings is 1. The van der Waals surface area contributed by atoms with E-state index in [0.29, 0.717) is 19.5 Å². The van der Waals surface area contributed by atoms with Gasteiger partial charge < -0.3 is 10.0 Å². The molecule has 8 nitrogen and oxygen atoms in total. The van der Waals surface area contributed by atoms with Gasteiger partial charge in [-0.15, -0.1) is 0 Å². The number of carbonyl (C=O) groups is 1. The van der Waals surface area contributed by atoms with Crippen molar-refractivity contribution in [2.75, 3.05) is 26.2 Å². The number of nitrogens with zero attached hydrogens (tertiary/aromatic N) is 3. The predicted octanol–water partition coefficient (Wildman–Crippen LogP) is 0.121. The SMILES string of the molecule is O=C(Cn1ccc(=O)[nH]c1=O)N1CC[C@](O)(c2ccccc2)[C@H](N2CCCC2)C1. The minimum atomic E-state index is -1.02. The molecule has 0 unspecified atom stereocenters. The zero-order chi connectivity index (χ0) is 20.4. The topological polar surface area (TPSA) is 98.6 Å². The molecule has 2 saturated heterocycles. The number of aromatic nitrogens is 2. The van der Waals surface area contributed by atoms with Crippen LogP contribution >= 0.6 is 0 Å². The molecule has 4 rings (SSSR count). The number of hydrogen-bond acceptors (Lipinski definition) is 5. The lowest BCUT2D eigenvalue weighted by Gasteiger charge is -2.48. The molecule has 1 aromatic heterocycles. The molecule has 2 aliphatic rings. The first-order valence-corrected chi connectivity index (χ1v) is 10.1. The molecule has 29 heavy (non-hydrogen) atoms. The summed E-state index contributed by atoms with van der Waals surface area (Å²) >= 11 is 0. The second kappa shape index (κ2) is 7.96. The van der Waals surface area contributed by atoms with Gasteiger partial charge in [-0.05, 0) is 37.9 Å². The number of piperidine rings is 1. The summed E-state index contributed by atoms with van der Waals surface area (Å²) in [5, 5.41) is 11.7. The molecular formula is C21H26N4O4. The van der Waals surface area contributed by atoms with Crippen LogP contribution in [0.3, 0.4) is 0 Å². The summed E-state index contributed by atoms with van der Waals surface area (Å²) in [6.45, 7) is 2.49. The van der Waals surface area contributed by atoms with Crippen molar-refractivity contribution < 1.29 is 9.90 Å². The van der Waals surface area contributed by atoms with Crippen molar-refractivity contribution in [2.45, 2.75) is 37.5 Å². The summed E-state index contributed by atoms with van der Waals surface area (Å²) in [5.41, 5.74) is -1.23. The van der Waals surface area contributed by atoms with E-state index in [9.17, 15) is 19.5 Å². The molecule has 0 bridgehead atoms. The van der Waals surface area contributed by atoms with Gasteiger partial charge in [-0.3, -0.25) is 24.0 Å². The minimum Gasteiger partial charge on any atom is -0.383 e. The summed E-state index contributed by atoms with van der Waals surface area (Å²) in [7, 11) is 0. The van der Waals surface area contributed by atoms with Gasteiger partial charge in [0.2, 0.25) is 5.91 Å². The van der Waals surface area contributed by atoms with E-state index in [1.54, 1.807) is 4.90 Å². The average Bonchev–Trinajstić information content (AvgIpc) is 3.25. The van der Waals surface area contributed by atoms with Crippen molar-refractivity contribution in [3.63, 3.8) is 0 Å². The average molecular weight is 398 g/mol. The van der Waals surface area contributed by atoms with E-state index in [1.807, 2.05) is 30.3 Å². The van der Waals surface area contributed by atoms with E-state index in [0.717, 1.165) is 31.5 Å². The number of likely N-dealkylation sites (tertiary alicyclic amines) is 2. The Morgan fingerprint density at radius 3 is 2.52 bits per heavy atom. The fraction of sp³-hybridized carbons (Fsp3) is 0.476. The molecule has 2 fully saturated rings. The van der Waals surface area contributed by atoms with Crippen LogP contribution in [0.2, 0.25) is 0 Å². The summed E-state index contributed by atoms with van der Waals surface area (Å²) in [4.78, 5) is 42.2. The Morgan fingerprint density at radius 2 is 1.83 bits per heavy atom. The maximum atomic E-state index is 12.9. The zero-order valence-corrected chi connectivity index (χ0v) is 16.3. The molecule has 3 heterocycles. The highest BCUT2D eigenvalue weighted by molar-refractivity contribution is 5.76. The largest absolute Gasteiger partial charge is 0.383 e. The first kappa shape index (κ1) is 19.6. The Hall–Kier alpha value is -2.71. The number of amides is 1. The fourth-order valence-corrected chi connectivity index (χ4v) is 4.50. The van der Waals surface area contributed by atoms with E-state index in [2.05, 4.69) is 9.88 Å². The van der Waals surface area contributed by atoms with Gasteiger partial charge in [-0.1, -0.05) is 30.3 Å². The van der Waals surface area contributed by atoms with Crippen molar-refractivity contribution in [1.29, 1.82) is 0 Å². The number of H-pyrrole nitrogens is 1. The Balaban J connectivity index is 1.56. The van der Waals surface area contributed by atoms with E-state index in [-0.39, 0.29) is 18.5 Å². The quantitative estimate of drug-likeness (QED) is 0.762. The third-order valence-electron chi connectivity index (χ3n) is 6.12. The molecule has 8 heteroatoms. The molecule has 0 spiro atoms. The zero-order valence-electron chi connectivity index (χ0n) is 16.3. The lowest BCUT2D eigenvalue weighted by molar-refractivity contribution is -0.143. The van der Waals surface area contributed by atoms with Crippen LogP contribution in [-0.4, -0.2) is 62.6 Å². The Bertz CT molecular complexity index is 980. The lowest BCUT2D eigenvalue weighted by atomic mass is 9.79. The van der Waals surface area contributed by atoms with Crippen LogP contribution in [0.25, 0.3) is 0 Å². The van der Waals surface area contributed by atoms with Crippen LogP contribution in [0.4, 0.5) is 0 Å². The van der Waals surface area contributed by atoms with Crippen LogP contribution in [0, 0.1) is 0 Å². The molecule has 2 atom stereocenters. The summed E-state index contributed by atoms with van der Waals surface area (Å²) in [6, 6.07) is 10.7. The van der Waals surface area contributed by atoms with Crippen LogP contribution < -0.4 is 11.2 Å². The van der Waals surface area contributed by atoms with Crippen molar-refractivity contribution in [3.05, 3.63) is 69.0 Å². The first-order valence-electron chi connectivity index (χ1n) is 10.1. The van der Waals surface area contributed by atoms with Crippen molar-refractivity contribution in [3.8, 4) is 0 Å². The summed E-state index contributed by atoms with van der Waals surface area (Å²) in [6.07, 6.45) is 3.94. The Kier molecular flexibility index (Phi) is 5.38. The molecule has 1 amide bonds. The number of hydrogen-bond donors (Lipinski definition) is 2. The molecule has 2 N–H and O–H groups in total. The Labute approximate surface area is 168 Å². The maximum absolute atomic E-state index is 12.9. The highest BCUT2D eigenvalue weighted by Gasteiger charge is 2.47. The van der Waals surface area contributed by atoms with Crippen LogP contribution in [0.5, 0.6) is 0 Å². The van der Waals surface area contributed by atoms with Gasteiger partial charge in [-0.2, -0.15) is 0 Å². The van der Waals surface area contributed by atoms with Gasteiger partial charge in [0.05, 0.1) is 6.04 Å². The predicted molar refractivity (Wildman–Crippen MR) is 107 cm³/mol. The van der Waals surface area contributed by atoms with Crippen molar-refractivity contribution in [1.82, 2.24) is 19.4 Å². The molecular weight excluding hydrogens is 372 g/mol. The molecule has 1 aromatic carbocycles. The number of nitrogens with one attached hydrogen (secondary N) is 1. The van der Waals surface area contributed by atoms with Gasteiger partial charge in [-0.25, -0.2) is 4.79 Å². The van der Waals surface area contributed by atoms with Gasteiger partial charge in [0.15, 0.2) is 0 Å². The molecule has 154 valence electrons. The smallest absolute Gasteiger partial charge is 0.328 e. The molecule has 2 aliphatic heterocycles. The minimum absolute atomic E-state index is 0.133. The third-order valence-corrected chi connectivity index (χ3v) is 6.12.